The fourth-order valence-electron chi connectivity index (χ4n) is 2.02. The summed E-state index contributed by atoms with van der Waals surface area (Å²) in [7, 11) is -1.64. The minimum Gasteiger partial charge on any atom is -0.494 e. The smallest absolute Gasteiger partial charge is 0.241 e. The van der Waals surface area contributed by atoms with Gasteiger partial charge in [0.1, 0.15) is 5.75 Å². The van der Waals surface area contributed by atoms with Gasteiger partial charge in [0, 0.05) is 17.6 Å². The van der Waals surface area contributed by atoms with Gasteiger partial charge in [0.05, 0.1) is 11.5 Å². The lowest BCUT2D eigenvalue weighted by atomic mass is 10.2. The fraction of sp³-hybridized carbons (Fsp3) is 0.571. The van der Waals surface area contributed by atoms with Crippen LogP contribution in [0, 0.1) is 0 Å². The van der Waals surface area contributed by atoms with E-state index in [1.165, 1.54) is 0 Å². The summed E-state index contributed by atoms with van der Waals surface area (Å²) in [6.45, 7) is 4.95. The van der Waals surface area contributed by atoms with Crippen molar-refractivity contribution in [3.05, 3.63) is 23.8 Å². The summed E-state index contributed by atoms with van der Waals surface area (Å²) in [6.07, 6.45) is 1.79. The molecule has 1 fully saturated rings. The quantitative estimate of drug-likeness (QED) is 0.803. The first-order valence-corrected chi connectivity index (χ1v) is 8.33. The highest BCUT2D eigenvalue weighted by Gasteiger charge is 2.41. The van der Waals surface area contributed by atoms with Crippen LogP contribution in [0.1, 0.15) is 32.3 Å². The highest BCUT2D eigenvalue weighted by atomic mass is 32.2. The van der Waals surface area contributed by atoms with Crippen LogP contribution in [-0.2, 0) is 16.6 Å². The standard InChI is InChI=1S/C14H22N2O3S/c1-4-19-13-6-5-12(9-11(13)10-15-3)20(17,18)16-14(2)7-8-14/h5-6,9,15-16H,4,7-8,10H2,1-3H3. The number of ether oxygens (including phenoxy) is 1. The van der Waals surface area contributed by atoms with Crippen molar-refractivity contribution in [2.24, 2.45) is 0 Å². The molecule has 112 valence electrons. The van der Waals surface area contributed by atoms with Gasteiger partial charge in [0.25, 0.3) is 0 Å². The van der Waals surface area contributed by atoms with Crippen molar-refractivity contribution in [2.45, 2.75) is 43.7 Å². The second-order valence-corrected chi connectivity index (χ2v) is 7.08. The van der Waals surface area contributed by atoms with Gasteiger partial charge in [-0.2, -0.15) is 0 Å². The van der Waals surface area contributed by atoms with Crippen LogP contribution in [-0.4, -0.2) is 27.6 Å². The van der Waals surface area contributed by atoms with Gasteiger partial charge >= 0.3 is 0 Å². The zero-order chi connectivity index (χ0) is 14.8. The Kier molecular flexibility index (Phi) is 4.36. The van der Waals surface area contributed by atoms with Crippen molar-refractivity contribution < 1.29 is 13.2 Å². The Morgan fingerprint density at radius 2 is 2.05 bits per heavy atom. The molecule has 0 unspecified atom stereocenters. The van der Waals surface area contributed by atoms with E-state index in [-0.39, 0.29) is 5.54 Å². The third kappa shape index (κ3) is 3.50. The van der Waals surface area contributed by atoms with Gasteiger partial charge in [-0.05, 0) is 51.9 Å². The molecular weight excluding hydrogens is 276 g/mol. The van der Waals surface area contributed by atoms with Crippen molar-refractivity contribution in [3.63, 3.8) is 0 Å². The first-order chi connectivity index (χ1) is 9.40. The van der Waals surface area contributed by atoms with Crippen LogP contribution < -0.4 is 14.8 Å². The molecule has 5 nitrogen and oxygen atoms in total. The van der Waals surface area contributed by atoms with E-state index in [2.05, 4.69) is 10.0 Å². The summed E-state index contributed by atoms with van der Waals surface area (Å²) < 4.78 is 33.0. The normalized spacial score (nSPS) is 16.9. The van der Waals surface area contributed by atoms with Crippen molar-refractivity contribution in [2.75, 3.05) is 13.7 Å². The van der Waals surface area contributed by atoms with Crippen molar-refractivity contribution in [3.8, 4) is 5.75 Å². The molecule has 20 heavy (non-hydrogen) atoms. The number of nitrogens with one attached hydrogen (secondary N) is 2. The van der Waals surface area contributed by atoms with Gasteiger partial charge in [0.2, 0.25) is 10.0 Å². The molecule has 0 amide bonds. The molecule has 1 aromatic carbocycles. The number of sulfonamides is 1. The molecule has 1 aromatic rings. The molecule has 0 radical (unpaired) electrons. The SMILES string of the molecule is CCOc1ccc(S(=O)(=O)NC2(C)CC2)cc1CNC. The summed E-state index contributed by atoms with van der Waals surface area (Å²) >= 11 is 0. The molecule has 6 heteroatoms. The lowest BCUT2D eigenvalue weighted by Gasteiger charge is -2.15. The van der Waals surface area contributed by atoms with Crippen LogP contribution in [0.25, 0.3) is 0 Å². The van der Waals surface area contributed by atoms with E-state index in [0.29, 0.717) is 18.0 Å². The van der Waals surface area contributed by atoms with Gasteiger partial charge in [-0.3, -0.25) is 0 Å². The third-order valence-electron chi connectivity index (χ3n) is 3.39. The van der Waals surface area contributed by atoms with Crippen LogP contribution >= 0.6 is 0 Å². The molecule has 0 saturated heterocycles. The number of benzene rings is 1. The first-order valence-electron chi connectivity index (χ1n) is 6.84. The Labute approximate surface area is 120 Å². The average Bonchev–Trinajstić information content (AvgIpc) is 3.08. The minimum atomic E-state index is -3.46. The fourth-order valence-corrected chi connectivity index (χ4v) is 3.54. The Hall–Kier alpha value is -1.11. The number of rotatable bonds is 7. The van der Waals surface area contributed by atoms with Gasteiger partial charge in [0.15, 0.2) is 0 Å². The summed E-state index contributed by atoms with van der Waals surface area (Å²) in [5.74, 6) is 0.721. The van der Waals surface area contributed by atoms with E-state index >= 15 is 0 Å². The molecule has 0 aliphatic heterocycles. The Balaban J connectivity index is 2.29. The van der Waals surface area contributed by atoms with E-state index in [1.807, 2.05) is 20.9 Å². The Morgan fingerprint density at radius 1 is 1.35 bits per heavy atom. The topological polar surface area (TPSA) is 67.4 Å². The molecule has 0 bridgehead atoms. The van der Waals surface area contributed by atoms with Crippen LogP contribution in [0.2, 0.25) is 0 Å². The summed E-state index contributed by atoms with van der Waals surface area (Å²) in [4.78, 5) is 0.291. The maximum absolute atomic E-state index is 12.3. The largest absolute Gasteiger partial charge is 0.494 e. The van der Waals surface area contributed by atoms with Crippen LogP contribution in [0.5, 0.6) is 5.75 Å². The van der Waals surface area contributed by atoms with Crippen molar-refractivity contribution in [1.82, 2.24) is 10.0 Å². The van der Waals surface area contributed by atoms with Crippen molar-refractivity contribution >= 4 is 10.0 Å². The number of hydrogen-bond acceptors (Lipinski definition) is 4. The van der Waals surface area contributed by atoms with Crippen molar-refractivity contribution in [1.29, 1.82) is 0 Å². The predicted molar refractivity (Wildman–Crippen MR) is 78.3 cm³/mol. The molecule has 1 aliphatic rings. The van der Waals surface area contributed by atoms with E-state index in [9.17, 15) is 8.42 Å². The molecule has 0 aromatic heterocycles. The summed E-state index contributed by atoms with van der Waals surface area (Å²) in [5.41, 5.74) is 0.582. The van der Waals surface area contributed by atoms with Crippen LogP contribution in [0.3, 0.4) is 0 Å². The van der Waals surface area contributed by atoms with E-state index in [0.717, 1.165) is 24.2 Å². The molecule has 0 atom stereocenters. The summed E-state index contributed by atoms with van der Waals surface area (Å²) in [5, 5.41) is 3.03. The van der Waals surface area contributed by atoms with Gasteiger partial charge < -0.3 is 10.1 Å². The van der Waals surface area contributed by atoms with Gasteiger partial charge in [-0.1, -0.05) is 0 Å². The average molecular weight is 298 g/mol. The van der Waals surface area contributed by atoms with Gasteiger partial charge in [-0.15, -0.1) is 0 Å². The lowest BCUT2D eigenvalue weighted by Crippen LogP contribution is -2.34. The molecule has 1 saturated carbocycles. The molecule has 0 spiro atoms. The van der Waals surface area contributed by atoms with Crippen LogP contribution in [0.4, 0.5) is 0 Å². The van der Waals surface area contributed by atoms with Gasteiger partial charge in [-0.25, -0.2) is 13.1 Å². The second kappa shape index (κ2) is 5.71. The number of hydrogen-bond donors (Lipinski definition) is 2. The second-order valence-electron chi connectivity index (χ2n) is 5.40. The molecule has 0 heterocycles. The predicted octanol–water partition coefficient (Wildman–Crippen LogP) is 1.64. The highest BCUT2D eigenvalue weighted by Crippen LogP contribution is 2.36. The maximum Gasteiger partial charge on any atom is 0.241 e. The lowest BCUT2D eigenvalue weighted by molar-refractivity contribution is 0.335. The molecule has 2 rings (SSSR count). The van der Waals surface area contributed by atoms with E-state index in [4.69, 9.17) is 4.74 Å². The first kappa shape index (κ1) is 15.3. The zero-order valence-corrected chi connectivity index (χ0v) is 13.0. The highest BCUT2D eigenvalue weighted by molar-refractivity contribution is 7.89. The zero-order valence-electron chi connectivity index (χ0n) is 12.2. The monoisotopic (exact) mass is 298 g/mol. The maximum atomic E-state index is 12.3. The molecule has 1 aliphatic carbocycles. The Bertz CT molecular complexity index is 580. The minimum absolute atomic E-state index is 0.263. The molecule has 2 N–H and O–H groups in total. The third-order valence-corrected chi connectivity index (χ3v) is 5.03. The summed E-state index contributed by atoms with van der Waals surface area (Å²) in [6, 6.07) is 4.99. The van der Waals surface area contributed by atoms with Crippen LogP contribution in [0.15, 0.2) is 23.1 Å². The van der Waals surface area contributed by atoms with E-state index < -0.39 is 10.0 Å². The van der Waals surface area contributed by atoms with E-state index in [1.54, 1.807) is 18.2 Å². The molecular formula is C14H22N2O3S. The Morgan fingerprint density at radius 3 is 2.60 bits per heavy atom.